The van der Waals surface area contributed by atoms with Gasteiger partial charge in [0.1, 0.15) is 17.1 Å². The van der Waals surface area contributed by atoms with Gasteiger partial charge in [0.25, 0.3) is 0 Å². The molecule has 2 heterocycles. The van der Waals surface area contributed by atoms with Crippen molar-refractivity contribution in [2.45, 2.75) is 83.0 Å². The Morgan fingerprint density at radius 1 is 1.32 bits per heavy atom. The van der Waals surface area contributed by atoms with Crippen LogP contribution in [-0.2, 0) is 14.3 Å². The van der Waals surface area contributed by atoms with Crippen molar-refractivity contribution in [3.8, 4) is 11.5 Å². The first-order chi connectivity index (χ1) is 17.6. The number of alkyl halides is 3. The molecule has 1 aliphatic carbocycles. The summed E-state index contributed by atoms with van der Waals surface area (Å²) in [4.78, 5) is 32.4. The van der Waals surface area contributed by atoms with Crippen LogP contribution in [-0.4, -0.2) is 59.9 Å². The molecule has 3 aliphatic rings. The predicted molar refractivity (Wildman–Crippen MR) is 132 cm³/mol. The van der Waals surface area contributed by atoms with E-state index in [0.29, 0.717) is 19.4 Å². The number of rotatable bonds is 8. The van der Waals surface area contributed by atoms with Crippen molar-refractivity contribution in [1.82, 2.24) is 10.2 Å². The number of ether oxygens (including phenoxy) is 3. The second kappa shape index (κ2) is 9.94. The first-order valence-electron chi connectivity index (χ1n) is 12.7. The van der Waals surface area contributed by atoms with Crippen LogP contribution < -0.4 is 20.5 Å². The molecule has 2 aliphatic heterocycles. The molecule has 38 heavy (non-hydrogen) atoms. The molecule has 0 radical (unpaired) electrons. The molecular formula is C26H35F3N4O5. The maximum absolute atomic E-state index is 13.4. The molecule has 4 atom stereocenters. The minimum atomic E-state index is -4.90. The van der Waals surface area contributed by atoms with Crippen molar-refractivity contribution in [2.75, 3.05) is 13.7 Å². The third kappa shape index (κ3) is 6.16. The molecule has 1 aromatic carbocycles. The number of hydrogen-bond donors (Lipinski definition) is 2. The summed E-state index contributed by atoms with van der Waals surface area (Å²) in [6, 6.07) is 3.04. The zero-order valence-electron chi connectivity index (χ0n) is 22.2. The SMILES string of the molecule is COCC[C@H]([C@H]1C[C@@H]1C(=O)N[C@H]1CC(C)(C)Oc2cccc(OC(F)(F)F)c21)N1C(=O)CC(C)(C)N=C1N. The van der Waals surface area contributed by atoms with Crippen LogP contribution in [0.4, 0.5) is 13.2 Å². The lowest BCUT2D eigenvalue weighted by Crippen LogP contribution is -2.55. The lowest BCUT2D eigenvalue weighted by atomic mass is 9.89. The highest BCUT2D eigenvalue weighted by molar-refractivity contribution is 5.99. The largest absolute Gasteiger partial charge is 0.573 e. The second-order valence-corrected chi connectivity index (χ2v) is 11.4. The average Bonchev–Trinajstić information content (AvgIpc) is 3.53. The van der Waals surface area contributed by atoms with Crippen molar-refractivity contribution in [3.05, 3.63) is 23.8 Å². The smallest absolute Gasteiger partial charge is 0.487 e. The summed E-state index contributed by atoms with van der Waals surface area (Å²) in [5.41, 5.74) is 5.01. The molecule has 0 spiro atoms. The van der Waals surface area contributed by atoms with Crippen LogP contribution in [0.2, 0.25) is 0 Å². The average molecular weight is 541 g/mol. The fourth-order valence-corrected chi connectivity index (χ4v) is 5.56. The van der Waals surface area contributed by atoms with Gasteiger partial charge in [0.2, 0.25) is 11.8 Å². The minimum absolute atomic E-state index is 0.118. The van der Waals surface area contributed by atoms with E-state index in [4.69, 9.17) is 15.2 Å². The summed E-state index contributed by atoms with van der Waals surface area (Å²) < 4.78 is 54.7. The van der Waals surface area contributed by atoms with Crippen molar-refractivity contribution in [3.63, 3.8) is 0 Å². The number of carbonyl (C=O) groups excluding carboxylic acids is 2. The number of hydrogen-bond acceptors (Lipinski definition) is 7. The van der Waals surface area contributed by atoms with E-state index in [1.807, 2.05) is 13.8 Å². The highest BCUT2D eigenvalue weighted by atomic mass is 19.4. The normalized spacial score (nSPS) is 26.5. The third-order valence-corrected chi connectivity index (χ3v) is 7.14. The molecule has 2 amide bonds. The Morgan fingerprint density at radius 3 is 2.66 bits per heavy atom. The molecule has 0 saturated heterocycles. The van der Waals surface area contributed by atoms with E-state index in [0.717, 1.165) is 0 Å². The van der Waals surface area contributed by atoms with Gasteiger partial charge in [-0.2, -0.15) is 0 Å². The quantitative estimate of drug-likeness (QED) is 0.520. The molecule has 0 unspecified atom stereocenters. The summed E-state index contributed by atoms with van der Waals surface area (Å²) in [7, 11) is 1.55. The van der Waals surface area contributed by atoms with Gasteiger partial charge < -0.3 is 25.3 Å². The van der Waals surface area contributed by atoms with E-state index in [1.165, 1.54) is 17.0 Å². The lowest BCUT2D eigenvalue weighted by Gasteiger charge is -2.39. The van der Waals surface area contributed by atoms with Crippen molar-refractivity contribution < 1.29 is 37.0 Å². The van der Waals surface area contributed by atoms with Crippen molar-refractivity contribution in [2.24, 2.45) is 22.6 Å². The zero-order valence-corrected chi connectivity index (χ0v) is 22.2. The molecule has 1 aromatic rings. The maximum atomic E-state index is 13.4. The lowest BCUT2D eigenvalue weighted by molar-refractivity contribution is -0.275. The molecule has 0 aromatic heterocycles. The fraction of sp³-hybridized carbons (Fsp3) is 0.654. The molecule has 1 fully saturated rings. The highest BCUT2D eigenvalue weighted by Crippen LogP contribution is 2.48. The Bertz CT molecular complexity index is 1120. The van der Waals surface area contributed by atoms with Gasteiger partial charge >= 0.3 is 6.36 Å². The Morgan fingerprint density at radius 2 is 2.03 bits per heavy atom. The van der Waals surface area contributed by atoms with E-state index in [1.54, 1.807) is 27.0 Å². The van der Waals surface area contributed by atoms with E-state index in [2.05, 4.69) is 15.0 Å². The van der Waals surface area contributed by atoms with E-state index in [9.17, 15) is 22.8 Å². The molecular weight excluding hydrogens is 505 g/mol. The maximum Gasteiger partial charge on any atom is 0.573 e. The number of nitrogens with two attached hydrogens (primary N) is 1. The number of amides is 2. The Hall–Kier alpha value is -3.02. The number of guanidine groups is 1. The van der Waals surface area contributed by atoms with Gasteiger partial charge in [0, 0.05) is 32.1 Å². The number of carbonyl (C=O) groups is 2. The summed E-state index contributed by atoms with van der Waals surface area (Å²) in [6.07, 6.45) is -3.50. The second-order valence-electron chi connectivity index (χ2n) is 11.4. The fourth-order valence-electron chi connectivity index (χ4n) is 5.56. The van der Waals surface area contributed by atoms with Crippen LogP contribution in [0, 0.1) is 11.8 Å². The number of aliphatic imine (C=N–C) groups is 1. The van der Waals surface area contributed by atoms with E-state index in [-0.39, 0.29) is 53.9 Å². The third-order valence-electron chi connectivity index (χ3n) is 7.14. The van der Waals surface area contributed by atoms with Gasteiger partial charge in [0.05, 0.1) is 23.6 Å². The van der Waals surface area contributed by atoms with Gasteiger partial charge in [-0.1, -0.05) is 6.07 Å². The van der Waals surface area contributed by atoms with E-state index < -0.39 is 35.2 Å². The van der Waals surface area contributed by atoms with Crippen LogP contribution in [0.5, 0.6) is 11.5 Å². The van der Waals surface area contributed by atoms with Crippen molar-refractivity contribution >= 4 is 17.8 Å². The molecule has 0 bridgehead atoms. The first-order valence-corrected chi connectivity index (χ1v) is 12.7. The summed E-state index contributed by atoms with van der Waals surface area (Å²) in [5.74, 6) is -1.18. The number of nitrogens with zero attached hydrogens (tertiary/aromatic N) is 2. The summed E-state index contributed by atoms with van der Waals surface area (Å²) in [6.45, 7) is 7.63. The van der Waals surface area contributed by atoms with Crippen LogP contribution in [0.1, 0.15) is 65.0 Å². The zero-order chi connectivity index (χ0) is 28.0. The molecule has 12 heteroatoms. The van der Waals surface area contributed by atoms with E-state index >= 15 is 0 Å². The molecule has 4 rings (SSSR count). The molecule has 9 nitrogen and oxygen atoms in total. The van der Waals surface area contributed by atoms with Crippen LogP contribution in [0.3, 0.4) is 0 Å². The summed E-state index contributed by atoms with van der Waals surface area (Å²) >= 11 is 0. The summed E-state index contributed by atoms with van der Waals surface area (Å²) in [5, 5.41) is 2.94. The monoisotopic (exact) mass is 540 g/mol. The number of benzene rings is 1. The van der Waals surface area contributed by atoms with Gasteiger partial charge in [0.15, 0.2) is 5.96 Å². The van der Waals surface area contributed by atoms with Crippen LogP contribution in [0.15, 0.2) is 23.2 Å². The Kier molecular flexibility index (Phi) is 7.32. The van der Waals surface area contributed by atoms with Crippen molar-refractivity contribution in [1.29, 1.82) is 0 Å². The topological polar surface area (TPSA) is 115 Å². The Balaban J connectivity index is 1.55. The first kappa shape index (κ1) is 28.0. The van der Waals surface area contributed by atoms with Gasteiger partial charge in [-0.25, -0.2) is 4.99 Å². The number of methoxy groups -OCH3 is 1. The molecule has 3 N–H and O–H groups in total. The molecule has 1 saturated carbocycles. The van der Waals surface area contributed by atoms with Gasteiger partial charge in [-0.15, -0.1) is 13.2 Å². The van der Waals surface area contributed by atoms with Crippen LogP contribution in [0.25, 0.3) is 0 Å². The van der Waals surface area contributed by atoms with Gasteiger partial charge in [-0.3, -0.25) is 14.5 Å². The standard InChI is InChI=1S/C26H35F3N4O5/c1-24(2)13-20(34)33(23(30)32-24)17(9-10-36-5)14-11-15(14)22(35)31-16-12-25(3,4)37-18-7-6-8-19(21(16)18)38-26(27,28)29/h6-8,14-17H,9-13H2,1-5H3,(H2,30,32)(H,31,35)/t14-,15-,16-,17+/m0/s1. The van der Waals surface area contributed by atoms with Gasteiger partial charge in [-0.05, 0) is 58.6 Å². The molecule has 210 valence electrons. The number of nitrogens with one attached hydrogen (secondary N) is 1. The minimum Gasteiger partial charge on any atom is -0.487 e. The highest BCUT2D eigenvalue weighted by Gasteiger charge is 2.53. The Labute approximate surface area is 219 Å². The van der Waals surface area contributed by atoms with Crippen LogP contribution >= 0.6 is 0 Å². The number of fused-ring (bicyclic) bond motifs is 1. The predicted octanol–water partition coefficient (Wildman–Crippen LogP) is 3.67. The number of halogens is 3.